The van der Waals surface area contributed by atoms with Gasteiger partial charge in [-0.15, -0.1) is 0 Å². The maximum Gasteiger partial charge on any atom is 0.328 e. The van der Waals surface area contributed by atoms with Gasteiger partial charge in [-0.25, -0.2) is 4.79 Å². The Morgan fingerprint density at radius 2 is 2.04 bits per heavy atom. The van der Waals surface area contributed by atoms with Gasteiger partial charge in [-0.05, 0) is 23.8 Å². The monoisotopic (exact) mass is 407 g/mol. The molecular weight excluding hydrogens is 390 g/mol. The van der Waals surface area contributed by atoms with E-state index < -0.39 is 17.9 Å². The lowest BCUT2D eigenvalue weighted by Gasteiger charge is -2.17. The van der Waals surface area contributed by atoms with Gasteiger partial charge in [-0.2, -0.15) is 0 Å². The van der Waals surface area contributed by atoms with E-state index in [-0.39, 0.29) is 13.0 Å². The lowest BCUT2D eigenvalue weighted by atomic mass is 10.1. The molecular formula is C15H19BrClNO5. The van der Waals surface area contributed by atoms with E-state index in [1.165, 1.54) is 7.11 Å². The van der Waals surface area contributed by atoms with E-state index in [0.717, 1.165) is 10.0 Å². The van der Waals surface area contributed by atoms with E-state index in [1.54, 1.807) is 25.3 Å². The van der Waals surface area contributed by atoms with Crippen molar-refractivity contribution < 1.29 is 23.8 Å². The van der Waals surface area contributed by atoms with Gasteiger partial charge in [0, 0.05) is 23.0 Å². The number of benzene rings is 1. The van der Waals surface area contributed by atoms with Crippen molar-refractivity contribution in [3.8, 4) is 0 Å². The van der Waals surface area contributed by atoms with E-state index in [2.05, 4.69) is 21.2 Å². The topological polar surface area (TPSA) is 73.9 Å². The maximum atomic E-state index is 11.9. The van der Waals surface area contributed by atoms with Gasteiger partial charge >= 0.3 is 5.97 Å². The van der Waals surface area contributed by atoms with Crippen LogP contribution in [0.4, 0.5) is 0 Å². The third kappa shape index (κ3) is 7.30. The Labute approximate surface area is 148 Å². The number of carbonyl (C=O) groups excluding carboxylic acids is 2. The molecule has 0 saturated heterocycles. The second-order valence-corrected chi connectivity index (χ2v) is 5.92. The van der Waals surface area contributed by atoms with Crippen molar-refractivity contribution >= 4 is 39.4 Å². The lowest BCUT2D eigenvalue weighted by Crippen LogP contribution is -2.44. The van der Waals surface area contributed by atoms with Crippen LogP contribution in [0.1, 0.15) is 5.56 Å². The highest BCUT2D eigenvalue weighted by atomic mass is 79.9. The van der Waals surface area contributed by atoms with E-state index in [1.807, 2.05) is 0 Å². The third-order valence-corrected chi connectivity index (χ3v) is 3.93. The van der Waals surface area contributed by atoms with Gasteiger partial charge in [-0.1, -0.05) is 27.5 Å². The average Bonchev–Trinajstić information content (AvgIpc) is 2.53. The second kappa shape index (κ2) is 10.6. The molecule has 0 aliphatic carbocycles. The van der Waals surface area contributed by atoms with Gasteiger partial charge in [0.05, 0.1) is 20.3 Å². The highest BCUT2D eigenvalue weighted by Gasteiger charge is 2.23. The first-order valence-electron chi connectivity index (χ1n) is 6.85. The van der Waals surface area contributed by atoms with Crippen LogP contribution in [-0.2, 0) is 30.2 Å². The molecule has 0 fully saturated rings. The average molecular weight is 409 g/mol. The first-order chi connectivity index (χ1) is 11.0. The summed E-state index contributed by atoms with van der Waals surface area (Å²) in [4.78, 5) is 23.7. The minimum absolute atomic E-state index is 0.159. The molecule has 1 amide bonds. The summed E-state index contributed by atoms with van der Waals surface area (Å²) in [6, 6.07) is 4.41. The number of nitrogens with one attached hydrogen (secondary N) is 1. The molecule has 0 saturated carbocycles. The Morgan fingerprint density at radius 1 is 1.30 bits per heavy atom. The predicted molar refractivity (Wildman–Crippen MR) is 89.5 cm³/mol. The van der Waals surface area contributed by atoms with Gasteiger partial charge in [0.25, 0.3) is 0 Å². The molecule has 1 aromatic carbocycles. The number of methoxy groups -OCH3 is 2. The summed E-state index contributed by atoms with van der Waals surface area (Å²) >= 11 is 9.35. The van der Waals surface area contributed by atoms with E-state index in [9.17, 15) is 9.59 Å². The summed E-state index contributed by atoms with van der Waals surface area (Å²) in [6.45, 7) is 0.531. The molecule has 0 heterocycles. The third-order valence-electron chi connectivity index (χ3n) is 2.92. The zero-order valence-corrected chi connectivity index (χ0v) is 15.3. The highest BCUT2D eigenvalue weighted by Crippen LogP contribution is 2.22. The number of ether oxygens (including phenoxy) is 3. The standard InChI is InChI=1S/C15H19BrClNO5/c1-21-5-6-23-9-14(19)18-13(15(20)22-2)8-10-7-11(17)3-4-12(10)16/h3-4,7,13H,5-6,8-9H2,1-2H3,(H,18,19)/t13-/m0/s1. The zero-order chi connectivity index (χ0) is 17.2. The number of carbonyl (C=O) groups is 2. The van der Waals surface area contributed by atoms with E-state index in [0.29, 0.717) is 18.2 Å². The molecule has 0 aliphatic rings. The number of halogens is 2. The van der Waals surface area contributed by atoms with Crippen LogP contribution in [0.3, 0.4) is 0 Å². The molecule has 1 atom stereocenters. The maximum absolute atomic E-state index is 11.9. The molecule has 1 N–H and O–H groups in total. The fourth-order valence-electron chi connectivity index (χ4n) is 1.80. The zero-order valence-electron chi connectivity index (χ0n) is 12.9. The molecule has 0 unspecified atom stereocenters. The van der Waals surface area contributed by atoms with Gasteiger partial charge < -0.3 is 19.5 Å². The normalized spacial score (nSPS) is 11.8. The van der Waals surface area contributed by atoms with E-state index >= 15 is 0 Å². The van der Waals surface area contributed by atoms with Gasteiger partial charge in [0.15, 0.2) is 0 Å². The van der Waals surface area contributed by atoms with Crippen molar-refractivity contribution in [1.29, 1.82) is 0 Å². The number of amides is 1. The van der Waals surface area contributed by atoms with Crippen LogP contribution in [0, 0.1) is 0 Å². The summed E-state index contributed by atoms with van der Waals surface area (Å²) in [7, 11) is 2.81. The predicted octanol–water partition coefficient (Wildman–Crippen LogP) is 1.97. The Bertz CT molecular complexity index is 541. The molecule has 6 nitrogen and oxygen atoms in total. The van der Waals surface area contributed by atoms with E-state index in [4.69, 9.17) is 25.8 Å². The van der Waals surface area contributed by atoms with Crippen LogP contribution in [0.15, 0.2) is 22.7 Å². The number of rotatable bonds is 9. The number of hydrogen-bond acceptors (Lipinski definition) is 5. The summed E-state index contributed by atoms with van der Waals surface area (Å²) < 4.78 is 15.5. The summed E-state index contributed by atoms with van der Waals surface area (Å²) in [5.74, 6) is -0.947. The molecule has 0 radical (unpaired) electrons. The van der Waals surface area contributed by atoms with Crippen LogP contribution in [0.25, 0.3) is 0 Å². The molecule has 23 heavy (non-hydrogen) atoms. The van der Waals surface area contributed by atoms with Crippen LogP contribution in [0.2, 0.25) is 5.02 Å². The summed E-state index contributed by atoms with van der Waals surface area (Å²) in [5.41, 5.74) is 0.786. The van der Waals surface area contributed by atoms with Crippen molar-refractivity contribution in [2.24, 2.45) is 0 Å². The molecule has 1 rings (SSSR count). The molecule has 0 bridgehead atoms. The largest absolute Gasteiger partial charge is 0.467 e. The van der Waals surface area contributed by atoms with Gasteiger partial charge in [-0.3, -0.25) is 4.79 Å². The Hall–Kier alpha value is -1.15. The molecule has 0 spiro atoms. The number of esters is 1. The quantitative estimate of drug-likeness (QED) is 0.499. The minimum Gasteiger partial charge on any atom is -0.467 e. The highest BCUT2D eigenvalue weighted by molar-refractivity contribution is 9.10. The van der Waals surface area contributed by atoms with Crippen LogP contribution < -0.4 is 5.32 Å². The van der Waals surface area contributed by atoms with Crippen molar-refractivity contribution in [3.63, 3.8) is 0 Å². The molecule has 128 valence electrons. The first-order valence-corrected chi connectivity index (χ1v) is 8.02. The van der Waals surface area contributed by atoms with Gasteiger partial charge in [0.1, 0.15) is 12.6 Å². The van der Waals surface area contributed by atoms with Crippen LogP contribution >= 0.6 is 27.5 Å². The SMILES string of the molecule is COCCOCC(=O)N[C@@H](Cc1cc(Cl)ccc1Br)C(=O)OC. The van der Waals surface area contributed by atoms with Crippen molar-refractivity contribution in [3.05, 3.63) is 33.3 Å². The molecule has 1 aromatic rings. The number of hydrogen-bond donors (Lipinski definition) is 1. The Morgan fingerprint density at radius 3 is 2.70 bits per heavy atom. The Kier molecular flexibility index (Phi) is 9.16. The van der Waals surface area contributed by atoms with Crippen LogP contribution in [-0.4, -0.2) is 52.0 Å². The Balaban J connectivity index is 2.67. The minimum atomic E-state index is -0.826. The smallest absolute Gasteiger partial charge is 0.328 e. The second-order valence-electron chi connectivity index (χ2n) is 4.63. The first kappa shape index (κ1) is 19.9. The molecule has 0 aliphatic heterocycles. The van der Waals surface area contributed by atoms with Gasteiger partial charge in [0.2, 0.25) is 5.91 Å². The fraction of sp³-hybridized carbons (Fsp3) is 0.467. The molecule has 8 heteroatoms. The fourth-order valence-corrected chi connectivity index (χ4v) is 2.40. The van der Waals surface area contributed by atoms with Crippen molar-refractivity contribution in [2.75, 3.05) is 34.0 Å². The summed E-state index contributed by atoms with van der Waals surface area (Å²) in [6.07, 6.45) is 0.248. The summed E-state index contributed by atoms with van der Waals surface area (Å²) in [5, 5.41) is 3.14. The molecule has 0 aromatic heterocycles. The lowest BCUT2D eigenvalue weighted by molar-refractivity contribution is -0.145. The van der Waals surface area contributed by atoms with Crippen molar-refractivity contribution in [2.45, 2.75) is 12.5 Å². The van der Waals surface area contributed by atoms with Crippen molar-refractivity contribution in [1.82, 2.24) is 5.32 Å². The van der Waals surface area contributed by atoms with Crippen LogP contribution in [0.5, 0.6) is 0 Å².